The molecule has 0 aliphatic carbocycles. The van der Waals surface area contributed by atoms with E-state index in [1.54, 1.807) is 23.9 Å². The van der Waals surface area contributed by atoms with Gasteiger partial charge in [-0.15, -0.1) is 11.8 Å². The lowest BCUT2D eigenvalue weighted by molar-refractivity contribution is -0.131. The van der Waals surface area contributed by atoms with E-state index in [1.807, 2.05) is 25.2 Å². The van der Waals surface area contributed by atoms with Crippen LogP contribution in [0.3, 0.4) is 0 Å². The zero-order valence-electron chi connectivity index (χ0n) is 13.1. The van der Waals surface area contributed by atoms with Gasteiger partial charge in [0.15, 0.2) is 0 Å². The average molecular weight is 342 g/mol. The van der Waals surface area contributed by atoms with Gasteiger partial charge in [0.2, 0.25) is 0 Å². The fourth-order valence-electron chi connectivity index (χ4n) is 1.35. The average Bonchev–Trinajstić information content (AvgIpc) is 2.52. The zero-order valence-corrected chi connectivity index (χ0v) is 13.9. The maximum atomic E-state index is 9.59. The monoisotopic (exact) mass is 342 g/mol. The Morgan fingerprint density at radius 2 is 2.09 bits per heavy atom. The number of nitrogens with two attached hydrogens (primary N) is 1. The molecule has 0 aromatic heterocycles. The van der Waals surface area contributed by atoms with E-state index in [0.717, 1.165) is 18.6 Å². The molecule has 0 fully saturated rings. The van der Waals surface area contributed by atoms with Gasteiger partial charge >= 0.3 is 5.97 Å². The van der Waals surface area contributed by atoms with Gasteiger partial charge in [-0.05, 0) is 12.1 Å². The molecule has 0 aliphatic heterocycles. The molecule has 1 unspecified atom stereocenters. The van der Waals surface area contributed by atoms with Gasteiger partial charge in [-0.1, -0.05) is 18.2 Å². The van der Waals surface area contributed by atoms with E-state index in [0.29, 0.717) is 6.08 Å². The number of ether oxygens (including phenoxy) is 2. The van der Waals surface area contributed by atoms with Gasteiger partial charge in [-0.2, -0.15) is 0 Å². The molecule has 0 radical (unpaired) electrons. The second-order valence-electron chi connectivity index (χ2n) is 4.29. The van der Waals surface area contributed by atoms with Gasteiger partial charge in [-0.3, -0.25) is 10.6 Å². The van der Waals surface area contributed by atoms with Crippen LogP contribution in [-0.4, -0.2) is 55.1 Å². The van der Waals surface area contributed by atoms with E-state index in [-0.39, 0.29) is 12.6 Å². The van der Waals surface area contributed by atoms with E-state index >= 15 is 0 Å². The number of nitrogens with zero attached hydrogens (tertiary/aromatic N) is 1. The number of likely N-dealkylation sites (N-methyl/N-ethyl adjacent to an activating group) is 1. The normalized spacial score (nSPS) is 11.7. The first-order valence-electron chi connectivity index (χ1n) is 6.64. The minimum absolute atomic E-state index is 0.138. The summed E-state index contributed by atoms with van der Waals surface area (Å²) >= 11 is 1.79. The van der Waals surface area contributed by atoms with Crippen LogP contribution >= 0.6 is 11.8 Å². The van der Waals surface area contributed by atoms with Crippen molar-refractivity contribution in [2.75, 3.05) is 26.5 Å². The number of thioether (sulfide) groups is 1. The van der Waals surface area contributed by atoms with Crippen molar-refractivity contribution in [2.45, 2.75) is 11.0 Å². The lowest BCUT2D eigenvalue weighted by Crippen LogP contribution is -2.36. The number of hydrogen-bond acceptors (Lipinski definition) is 7. The maximum Gasteiger partial charge on any atom is 0.331 e. The molecule has 1 rings (SSSR count). The number of carboxylic acids is 1. The van der Waals surface area contributed by atoms with Crippen molar-refractivity contribution in [1.82, 2.24) is 5.01 Å². The Hall–Kier alpha value is -1.87. The summed E-state index contributed by atoms with van der Waals surface area (Å²) in [6.45, 7) is 0.885. The largest absolute Gasteiger partial charge is 0.478 e. The highest BCUT2D eigenvalue weighted by Gasteiger charge is 2.09. The Morgan fingerprint density at radius 3 is 2.57 bits per heavy atom. The lowest BCUT2D eigenvalue weighted by atomic mass is 10.4. The number of rotatable bonds is 9. The van der Waals surface area contributed by atoms with Gasteiger partial charge in [0.1, 0.15) is 6.26 Å². The van der Waals surface area contributed by atoms with Crippen LogP contribution in [0.2, 0.25) is 0 Å². The van der Waals surface area contributed by atoms with E-state index in [2.05, 4.69) is 16.9 Å². The molecule has 1 aromatic carbocycles. The predicted octanol–water partition coefficient (Wildman–Crippen LogP) is 1.36. The highest BCUT2D eigenvalue weighted by molar-refractivity contribution is 7.99. The van der Waals surface area contributed by atoms with Crippen molar-refractivity contribution < 1.29 is 24.2 Å². The Kier molecular flexibility index (Phi) is 12.7. The second kappa shape index (κ2) is 13.8. The summed E-state index contributed by atoms with van der Waals surface area (Å²) in [5, 5.41) is 9.51. The van der Waals surface area contributed by atoms with Gasteiger partial charge < -0.3 is 14.6 Å². The molecule has 0 saturated heterocycles. The third-order valence-electron chi connectivity index (χ3n) is 2.35. The maximum absolute atomic E-state index is 9.59. The molecule has 3 N–H and O–H groups in total. The quantitative estimate of drug-likeness (QED) is 0.173. The van der Waals surface area contributed by atoms with Crippen LogP contribution in [-0.2, 0) is 19.1 Å². The number of methoxy groups -OCH3 is 1. The molecule has 1 aromatic rings. The van der Waals surface area contributed by atoms with E-state index in [9.17, 15) is 9.59 Å². The number of aliphatic carboxylic acids is 1. The topological polar surface area (TPSA) is 102 Å². The minimum atomic E-state index is -1.15. The third-order valence-corrected chi connectivity index (χ3v) is 3.49. The van der Waals surface area contributed by atoms with Crippen LogP contribution in [0.25, 0.3) is 0 Å². The van der Waals surface area contributed by atoms with E-state index in [4.69, 9.17) is 15.7 Å². The van der Waals surface area contributed by atoms with Crippen molar-refractivity contribution in [2.24, 2.45) is 5.84 Å². The number of benzene rings is 1. The minimum Gasteiger partial charge on any atom is -0.478 e. The molecule has 0 amide bonds. The molecule has 23 heavy (non-hydrogen) atoms. The molecule has 1 atom stereocenters. The third kappa shape index (κ3) is 13.5. The Morgan fingerprint density at radius 1 is 1.43 bits per heavy atom. The summed E-state index contributed by atoms with van der Waals surface area (Å²) in [6.07, 6.45) is 1.68. The second-order valence-corrected chi connectivity index (χ2v) is 5.39. The molecule has 0 saturated carbocycles. The van der Waals surface area contributed by atoms with Crippen LogP contribution in [0.5, 0.6) is 0 Å². The Balaban J connectivity index is 0.000000515. The summed E-state index contributed by atoms with van der Waals surface area (Å²) in [6, 6.07) is 10.3. The van der Waals surface area contributed by atoms with E-state index < -0.39 is 5.97 Å². The van der Waals surface area contributed by atoms with Crippen molar-refractivity contribution >= 4 is 24.2 Å². The smallest absolute Gasteiger partial charge is 0.331 e. The zero-order chi connectivity index (χ0) is 17.5. The van der Waals surface area contributed by atoms with Crippen molar-refractivity contribution in [3.8, 4) is 0 Å². The number of hydrazine groups is 1. The molecule has 8 heteroatoms. The molecule has 0 bridgehead atoms. The summed E-state index contributed by atoms with van der Waals surface area (Å²) in [5.41, 5.74) is 0. The summed E-state index contributed by atoms with van der Waals surface area (Å²) in [7, 11) is 3.57. The Labute approximate surface area is 140 Å². The number of carbonyl (C=O) groups is 2. The van der Waals surface area contributed by atoms with Crippen LogP contribution in [0.4, 0.5) is 0 Å². The molecular weight excluding hydrogens is 320 g/mol. The molecule has 128 valence electrons. The fraction of sp³-hybridized carbons (Fsp3) is 0.333. The molecule has 0 aliphatic rings. The van der Waals surface area contributed by atoms with Crippen LogP contribution < -0.4 is 5.84 Å². The highest BCUT2D eigenvalue weighted by atomic mass is 32.2. The summed E-state index contributed by atoms with van der Waals surface area (Å²) in [4.78, 5) is 20.2. The number of carbonyl (C=O) groups excluding carboxylic acids is 1. The van der Waals surface area contributed by atoms with Crippen molar-refractivity contribution in [1.29, 1.82) is 0 Å². The van der Waals surface area contributed by atoms with Crippen molar-refractivity contribution in [3.05, 3.63) is 42.7 Å². The van der Waals surface area contributed by atoms with Gasteiger partial charge in [0.25, 0.3) is 6.47 Å². The SMILES string of the molecule is COC(CSc1ccccc1)CN(C)N.O=CO/C=C/C(=O)O. The molecule has 7 nitrogen and oxygen atoms in total. The van der Waals surface area contributed by atoms with Crippen LogP contribution in [0, 0.1) is 0 Å². The first-order valence-corrected chi connectivity index (χ1v) is 7.63. The van der Waals surface area contributed by atoms with Crippen LogP contribution in [0.1, 0.15) is 0 Å². The van der Waals surface area contributed by atoms with Crippen LogP contribution in [0.15, 0.2) is 47.6 Å². The lowest BCUT2D eigenvalue weighted by Gasteiger charge is -2.18. The number of carboxylic acid groups (broad SMARTS) is 1. The van der Waals surface area contributed by atoms with Gasteiger partial charge in [0, 0.05) is 31.4 Å². The molecule has 0 heterocycles. The van der Waals surface area contributed by atoms with Gasteiger partial charge in [-0.25, -0.2) is 9.80 Å². The predicted molar refractivity (Wildman–Crippen MR) is 88.7 cm³/mol. The first kappa shape index (κ1) is 21.1. The first-order chi connectivity index (χ1) is 11.0. The van der Waals surface area contributed by atoms with E-state index in [1.165, 1.54) is 4.90 Å². The standard InChI is InChI=1S/C11H18N2OS.C4H4O4/c1-13(12)8-10(14-2)9-15-11-6-4-3-5-7-11;5-3-8-2-1-4(6)7/h3-7,10H,8-9,12H2,1-2H3;1-3H,(H,6,7)/b;2-1+. The summed E-state index contributed by atoms with van der Waals surface area (Å²) < 4.78 is 9.24. The molecular formula is C15H22N2O5S. The fourth-order valence-corrected chi connectivity index (χ4v) is 2.32. The molecule has 0 spiro atoms. The Bertz CT molecular complexity index is 468. The highest BCUT2D eigenvalue weighted by Crippen LogP contribution is 2.18. The van der Waals surface area contributed by atoms with Crippen molar-refractivity contribution in [3.63, 3.8) is 0 Å². The summed E-state index contributed by atoms with van der Waals surface area (Å²) in [5.74, 6) is 5.35. The number of hydrogen-bond donors (Lipinski definition) is 2. The van der Waals surface area contributed by atoms with Gasteiger partial charge in [0.05, 0.1) is 12.2 Å².